The fraction of sp³-hybridized carbons (Fsp3) is 0.429. The number of hydrogen-bond acceptors (Lipinski definition) is 4. The smallest absolute Gasteiger partial charge is 0.168 e. The van der Waals surface area contributed by atoms with Crippen molar-refractivity contribution in [2.75, 3.05) is 27.3 Å². The lowest BCUT2D eigenvalue weighted by molar-refractivity contribution is 0.182. The maximum atomic E-state index is 10.3. The molecular formula is C21H25NO3. The van der Waals surface area contributed by atoms with Gasteiger partial charge in [-0.3, -0.25) is 4.90 Å². The molecule has 0 spiro atoms. The predicted molar refractivity (Wildman–Crippen MR) is 98.7 cm³/mol. The average Bonchev–Trinajstić information content (AvgIpc) is 2.63. The number of nitrogens with zero attached hydrogens (tertiary/aromatic N) is 1. The largest absolute Gasteiger partial charge is 0.504 e. The maximum Gasteiger partial charge on any atom is 0.168 e. The van der Waals surface area contributed by atoms with Gasteiger partial charge in [0.05, 0.1) is 14.2 Å². The summed E-state index contributed by atoms with van der Waals surface area (Å²) in [6.07, 6.45) is 3.15. The molecule has 0 amide bonds. The van der Waals surface area contributed by atoms with Gasteiger partial charge in [0.25, 0.3) is 0 Å². The lowest BCUT2D eigenvalue weighted by atomic mass is 9.76. The summed E-state index contributed by atoms with van der Waals surface area (Å²) in [5.41, 5.74) is 6.15. The Kier molecular flexibility index (Phi) is 4.08. The Labute approximate surface area is 149 Å². The van der Waals surface area contributed by atoms with Crippen molar-refractivity contribution in [2.24, 2.45) is 0 Å². The fourth-order valence-electron chi connectivity index (χ4n) is 4.49. The van der Waals surface area contributed by atoms with Crippen molar-refractivity contribution in [2.45, 2.75) is 32.2 Å². The van der Waals surface area contributed by atoms with E-state index in [-0.39, 0.29) is 5.75 Å². The van der Waals surface area contributed by atoms with Crippen LogP contribution in [0.5, 0.6) is 17.2 Å². The molecule has 0 fully saturated rings. The standard InChI is InChI=1S/C21H25NO3/c1-4-8-22-9-7-14-10-15(24-2)12-16-19(14)17(22)11-13-5-6-18(23)21(25-3)20(13)16/h5-6,10,12,17,23H,4,7-9,11H2,1-3H3/t17-/m1/s1. The zero-order valence-electron chi connectivity index (χ0n) is 15.1. The molecule has 2 aliphatic rings. The first-order valence-electron chi connectivity index (χ1n) is 9.02. The Bertz CT molecular complexity index is 815. The first kappa shape index (κ1) is 16.3. The second-order valence-electron chi connectivity index (χ2n) is 6.91. The first-order chi connectivity index (χ1) is 12.2. The van der Waals surface area contributed by atoms with E-state index in [0.29, 0.717) is 11.8 Å². The second-order valence-corrected chi connectivity index (χ2v) is 6.91. The molecule has 1 heterocycles. The number of benzene rings is 2. The molecule has 0 aromatic heterocycles. The maximum absolute atomic E-state index is 10.3. The Morgan fingerprint density at radius 2 is 2.00 bits per heavy atom. The molecule has 25 heavy (non-hydrogen) atoms. The SMILES string of the molecule is CCCN1CCc2cc(OC)cc3c2[C@H]1Cc1ccc(O)c(OC)c1-3. The molecule has 1 aliphatic carbocycles. The van der Waals surface area contributed by atoms with Crippen LogP contribution in [0.2, 0.25) is 0 Å². The van der Waals surface area contributed by atoms with Crippen LogP contribution in [-0.4, -0.2) is 37.3 Å². The highest BCUT2D eigenvalue weighted by molar-refractivity contribution is 5.83. The van der Waals surface area contributed by atoms with E-state index in [9.17, 15) is 5.11 Å². The van der Waals surface area contributed by atoms with Gasteiger partial charge in [0.2, 0.25) is 0 Å². The Hall–Kier alpha value is -2.20. The van der Waals surface area contributed by atoms with Crippen LogP contribution in [0.15, 0.2) is 24.3 Å². The van der Waals surface area contributed by atoms with Gasteiger partial charge in [-0.1, -0.05) is 13.0 Å². The van der Waals surface area contributed by atoms with Gasteiger partial charge in [-0.2, -0.15) is 0 Å². The molecule has 0 unspecified atom stereocenters. The fourth-order valence-corrected chi connectivity index (χ4v) is 4.49. The topological polar surface area (TPSA) is 41.9 Å². The van der Waals surface area contributed by atoms with Crippen molar-refractivity contribution in [3.63, 3.8) is 0 Å². The molecule has 4 rings (SSSR count). The summed E-state index contributed by atoms with van der Waals surface area (Å²) in [4.78, 5) is 2.60. The van der Waals surface area contributed by atoms with E-state index in [1.54, 1.807) is 20.3 Å². The van der Waals surface area contributed by atoms with E-state index in [1.165, 1.54) is 16.7 Å². The van der Waals surface area contributed by atoms with Crippen LogP contribution in [0.25, 0.3) is 11.1 Å². The molecular weight excluding hydrogens is 314 g/mol. The van der Waals surface area contributed by atoms with E-state index in [2.05, 4.69) is 24.0 Å². The predicted octanol–water partition coefficient (Wildman–Crippen LogP) is 3.94. The summed E-state index contributed by atoms with van der Waals surface area (Å²) in [7, 11) is 3.33. The monoisotopic (exact) mass is 339 g/mol. The average molecular weight is 339 g/mol. The van der Waals surface area contributed by atoms with Gasteiger partial charge in [0, 0.05) is 18.2 Å². The zero-order chi connectivity index (χ0) is 17.6. The normalized spacial score (nSPS) is 18.4. The number of hydrogen-bond donors (Lipinski definition) is 1. The molecule has 4 nitrogen and oxygen atoms in total. The molecule has 0 saturated heterocycles. The minimum Gasteiger partial charge on any atom is -0.504 e. The van der Waals surface area contributed by atoms with E-state index < -0.39 is 0 Å². The summed E-state index contributed by atoms with van der Waals surface area (Å²) in [6, 6.07) is 8.45. The van der Waals surface area contributed by atoms with Crippen molar-refractivity contribution in [1.82, 2.24) is 4.90 Å². The molecule has 0 saturated carbocycles. The minimum atomic E-state index is 0.192. The van der Waals surface area contributed by atoms with Gasteiger partial charge >= 0.3 is 0 Å². The highest BCUT2D eigenvalue weighted by Gasteiger charge is 2.36. The number of phenols is 1. The van der Waals surface area contributed by atoms with Crippen LogP contribution in [0.4, 0.5) is 0 Å². The lowest BCUT2D eigenvalue weighted by Gasteiger charge is -2.42. The van der Waals surface area contributed by atoms with Crippen LogP contribution in [0.3, 0.4) is 0 Å². The van der Waals surface area contributed by atoms with E-state index in [4.69, 9.17) is 9.47 Å². The Balaban J connectivity index is 1.98. The van der Waals surface area contributed by atoms with Gasteiger partial charge < -0.3 is 14.6 Å². The van der Waals surface area contributed by atoms with Gasteiger partial charge in [0.15, 0.2) is 11.5 Å². The summed E-state index contributed by atoms with van der Waals surface area (Å²) in [6.45, 7) is 4.44. The molecule has 1 aliphatic heterocycles. The quantitative estimate of drug-likeness (QED) is 0.916. The minimum absolute atomic E-state index is 0.192. The molecule has 0 radical (unpaired) electrons. The summed E-state index contributed by atoms with van der Waals surface area (Å²) in [5, 5.41) is 10.3. The summed E-state index contributed by atoms with van der Waals surface area (Å²) >= 11 is 0. The van der Waals surface area contributed by atoms with Crippen molar-refractivity contribution in [3.8, 4) is 28.4 Å². The molecule has 132 valence electrons. The lowest BCUT2D eigenvalue weighted by Crippen LogP contribution is -2.38. The Morgan fingerprint density at radius 3 is 2.72 bits per heavy atom. The third-order valence-electron chi connectivity index (χ3n) is 5.54. The van der Waals surface area contributed by atoms with Crippen LogP contribution in [-0.2, 0) is 12.8 Å². The molecule has 1 N–H and O–H groups in total. The van der Waals surface area contributed by atoms with Crippen molar-refractivity contribution >= 4 is 0 Å². The molecule has 1 atom stereocenters. The number of rotatable bonds is 4. The Morgan fingerprint density at radius 1 is 1.16 bits per heavy atom. The number of fused-ring (bicyclic) bond motifs is 2. The highest BCUT2D eigenvalue weighted by Crippen LogP contribution is 2.51. The van der Waals surface area contributed by atoms with Crippen molar-refractivity contribution in [1.29, 1.82) is 0 Å². The third-order valence-corrected chi connectivity index (χ3v) is 5.54. The van der Waals surface area contributed by atoms with Gasteiger partial charge in [0.1, 0.15) is 5.75 Å². The van der Waals surface area contributed by atoms with Crippen LogP contribution in [0, 0.1) is 0 Å². The van der Waals surface area contributed by atoms with E-state index in [0.717, 1.165) is 49.2 Å². The molecule has 2 aromatic rings. The van der Waals surface area contributed by atoms with Crippen LogP contribution < -0.4 is 9.47 Å². The van der Waals surface area contributed by atoms with Crippen LogP contribution >= 0.6 is 0 Å². The second kappa shape index (κ2) is 6.26. The van der Waals surface area contributed by atoms with Crippen molar-refractivity contribution < 1.29 is 14.6 Å². The number of aromatic hydroxyl groups is 1. The van der Waals surface area contributed by atoms with E-state index >= 15 is 0 Å². The number of methoxy groups -OCH3 is 2. The van der Waals surface area contributed by atoms with Gasteiger partial charge in [-0.05, 0) is 66.3 Å². The first-order valence-corrected chi connectivity index (χ1v) is 9.02. The number of phenolic OH excluding ortho intramolecular Hbond substituents is 1. The van der Waals surface area contributed by atoms with Crippen LogP contribution in [0.1, 0.15) is 36.1 Å². The van der Waals surface area contributed by atoms with Gasteiger partial charge in [-0.15, -0.1) is 0 Å². The summed E-state index contributed by atoms with van der Waals surface area (Å²) in [5.74, 6) is 1.63. The molecule has 4 heteroatoms. The third kappa shape index (κ3) is 2.47. The van der Waals surface area contributed by atoms with Crippen molar-refractivity contribution in [3.05, 3.63) is 41.0 Å². The van der Waals surface area contributed by atoms with Gasteiger partial charge in [-0.25, -0.2) is 0 Å². The summed E-state index contributed by atoms with van der Waals surface area (Å²) < 4.78 is 11.1. The zero-order valence-corrected chi connectivity index (χ0v) is 15.1. The number of ether oxygens (including phenoxy) is 2. The molecule has 2 aromatic carbocycles. The highest BCUT2D eigenvalue weighted by atomic mass is 16.5. The van der Waals surface area contributed by atoms with E-state index in [1.807, 2.05) is 6.07 Å². The molecule has 0 bridgehead atoms.